The van der Waals surface area contributed by atoms with Crippen molar-refractivity contribution < 1.29 is 23.2 Å². The number of carbonyl (C=O) groups is 2. The van der Waals surface area contributed by atoms with Gasteiger partial charge in [-0.3, -0.25) is 9.59 Å². The van der Waals surface area contributed by atoms with Crippen LogP contribution in [-0.4, -0.2) is 23.6 Å². The second kappa shape index (κ2) is 6.66. The summed E-state index contributed by atoms with van der Waals surface area (Å²) in [5, 5.41) is 3.81. The average Bonchev–Trinajstić information content (AvgIpc) is 3.11. The van der Waals surface area contributed by atoms with E-state index in [0.29, 0.717) is 22.7 Å². The lowest BCUT2D eigenvalue weighted by atomic mass is 10.1. The number of halogens is 1. The van der Waals surface area contributed by atoms with Crippen LogP contribution in [-0.2, 0) is 20.9 Å². The highest BCUT2D eigenvalue weighted by molar-refractivity contribution is 5.99. The summed E-state index contributed by atoms with van der Waals surface area (Å²) in [5.74, 6) is -1.03. The molecule has 0 aliphatic carbocycles. The van der Waals surface area contributed by atoms with E-state index in [0.717, 1.165) is 5.56 Å². The number of aromatic nitrogens is 1. The van der Waals surface area contributed by atoms with Crippen LogP contribution in [0, 0.1) is 32.5 Å². The van der Waals surface area contributed by atoms with Crippen molar-refractivity contribution in [3.63, 3.8) is 0 Å². The summed E-state index contributed by atoms with van der Waals surface area (Å²) >= 11 is 0. The maximum atomic E-state index is 13.7. The number of aryl methyl sites for hydroxylation is 3. The number of benzene rings is 1. The molecular weight excluding hydrogens is 327 g/mol. The molecule has 0 bridgehead atoms. The first-order valence-corrected chi connectivity index (χ1v) is 8.01. The first kappa shape index (κ1) is 17.1. The summed E-state index contributed by atoms with van der Waals surface area (Å²) < 4.78 is 24.1. The van der Waals surface area contributed by atoms with Gasteiger partial charge in [-0.2, -0.15) is 0 Å². The number of nitrogens with zero attached hydrogens (tertiary/aromatic N) is 2. The molecule has 1 fully saturated rings. The van der Waals surface area contributed by atoms with E-state index in [1.54, 1.807) is 32.9 Å². The van der Waals surface area contributed by atoms with Crippen LogP contribution >= 0.6 is 0 Å². The maximum absolute atomic E-state index is 13.7. The predicted molar refractivity (Wildman–Crippen MR) is 87.4 cm³/mol. The largest absolute Gasteiger partial charge is 0.460 e. The Bertz CT molecular complexity index is 811. The lowest BCUT2D eigenvalue weighted by Crippen LogP contribution is -2.26. The fourth-order valence-corrected chi connectivity index (χ4v) is 2.83. The van der Waals surface area contributed by atoms with Crippen molar-refractivity contribution in [1.29, 1.82) is 0 Å². The number of rotatable bonds is 4. The molecule has 1 unspecified atom stereocenters. The molecular formula is C18H19FN2O4. The van der Waals surface area contributed by atoms with Crippen LogP contribution < -0.4 is 4.90 Å². The number of hydrogen-bond acceptors (Lipinski definition) is 5. The SMILES string of the molecule is Cc1ccc(N2CC(C(=O)OCc3c(C)noc3C)CC2=O)cc1F. The van der Waals surface area contributed by atoms with Crippen molar-refractivity contribution in [2.75, 3.05) is 11.4 Å². The molecule has 2 aromatic rings. The van der Waals surface area contributed by atoms with Gasteiger partial charge >= 0.3 is 5.97 Å². The van der Waals surface area contributed by atoms with Crippen LogP contribution in [0.1, 0.15) is 29.0 Å². The van der Waals surface area contributed by atoms with Crippen LogP contribution in [0.25, 0.3) is 0 Å². The summed E-state index contributed by atoms with van der Waals surface area (Å²) in [5.41, 5.74) is 2.36. The zero-order valence-corrected chi connectivity index (χ0v) is 14.3. The van der Waals surface area contributed by atoms with Crippen molar-refractivity contribution in [1.82, 2.24) is 5.16 Å². The van der Waals surface area contributed by atoms with Crippen LogP contribution in [0.4, 0.5) is 10.1 Å². The Morgan fingerprint density at radius 3 is 2.80 bits per heavy atom. The first-order valence-electron chi connectivity index (χ1n) is 8.01. The number of esters is 1. The lowest BCUT2D eigenvalue weighted by molar-refractivity contribution is -0.149. The Labute approximate surface area is 144 Å². The minimum Gasteiger partial charge on any atom is -0.460 e. The molecule has 1 aliphatic rings. The standard InChI is InChI=1S/C18H19FN2O4/c1-10-4-5-14(7-16(10)19)21-8-13(6-17(21)22)18(23)24-9-15-11(2)20-25-12(15)3/h4-5,7,13H,6,8-9H2,1-3H3. The molecule has 1 aliphatic heterocycles. The van der Waals surface area contributed by atoms with Gasteiger partial charge in [-0.1, -0.05) is 11.2 Å². The van der Waals surface area contributed by atoms with Gasteiger partial charge in [0.25, 0.3) is 0 Å². The van der Waals surface area contributed by atoms with E-state index in [1.807, 2.05) is 0 Å². The number of anilines is 1. The number of ether oxygens (including phenoxy) is 1. The van der Waals surface area contributed by atoms with Crippen molar-refractivity contribution in [2.24, 2.45) is 5.92 Å². The fraction of sp³-hybridized carbons (Fsp3) is 0.389. The Kier molecular flexibility index (Phi) is 4.57. The van der Waals surface area contributed by atoms with Gasteiger partial charge in [0.2, 0.25) is 5.91 Å². The van der Waals surface area contributed by atoms with E-state index < -0.39 is 11.9 Å². The molecule has 0 radical (unpaired) electrons. The number of amides is 1. The monoisotopic (exact) mass is 346 g/mol. The van der Waals surface area contributed by atoms with Gasteiger partial charge in [0.1, 0.15) is 18.2 Å². The summed E-state index contributed by atoms with van der Waals surface area (Å²) in [6.07, 6.45) is 0.0515. The van der Waals surface area contributed by atoms with Crippen LogP contribution in [0.2, 0.25) is 0 Å². The molecule has 0 N–H and O–H groups in total. The normalized spacial score (nSPS) is 17.2. The van der Waals surface area contributed by atoms with E-state index in [1.165, 1.54) is 11.0 Å². The molecule has 1 atom stereocenters. The van der Waals surface area contributed by atoms with Gasteiger partial charge in [-0.25, -0.2) is 4.39 Å². The van der Waals surface area contributed by atoms with E-state index in [2.05, 4.69) is 5.16 Å². The van der Waals surface area contributed by atoms with Crippen molar-refractivity contribution in [3.8, 4) is 0 Å². The highest BCUT2D eigenvalue weighted by atomic mass is 19.1. The summed E-state index contributed by atoms with van der Waals surface area (Å²) in [6, 6.07) is 4.60. The summed E-state index contributed by atoms with van der Waals surface area (Å²) in [6.45, 7) is 5.41. The summed E-state index contributed by atoms with van der Waals surface area (Å²) in [4.78, 5) is 25.9. The van der Waals surface area contributed by atoms with Gasteiger partial charge < -0.3 is 14.2 Å². The molecule has 25 heavy (non-hydrogen) atoms. The smallest absolute Gasteiger partial charge is 0.311 e. The lowest BCUT2D eigenvalue weighted by Gasteiger charge is -2.17. The van der Waals surface area contributed by atoms with Crippen LogP contribution in [0.15, 0.2) is 22.7 Å². The minimum atomic E-state index is -0.572. The minimum absolute atomic E-state index is 0.0515. The Hall–Kier alpha value is -2.70. The maximum Gasteiger partial charge on any atom is 0.311 e. The van der Waals surface area contributed by atoms with Gasteiger partial charge in [0.15, 0.2) is 0 Å². The highest BCUT2D eigenvalue weighted by Gasteiger charge is 2.36. The number of carbonyl (C=O) groups excluding carboxylic acids is 2. The molecule has 7 heteroatoms. The van der Waals surface area contributed by atoms with Crippen molar-refractivity contribution in [2.45, 2.75) is 33.8 Å². The molecule has 6 nitrogen and oxygen atoms in total. The van der Waals surface area contributed by atoms with Crippen molar-refractivity contribution >= 4 is 17.6 Å². The molecule has 0 spiro atoms. The van der Waals surface area contributed by atoms with Crippen LogP contribution in [0.3, 0.4) is 0 Å². The van der Waals surface area contributed by atoms with E-state index in [4.69, 9.17) is 9.26 Å². The zero-order chi connectivity index (χ0) is 18.1. The average molecular weight is 346 g/mol. The van der Waals surface area contributed by atoms with Gasteiger partial charge in [0, 0.05) is 18.7 Å². The second-order valence-corrected chi connectivity index (χ2v) is 6.25. The van der Waals surface area contributed by atoms with E-state index >= 15 is 0 Å². The molecule has 1 amide bonds. The van der Waals surface area contributed by atoms with Gasteiger partial charge in [-0.15, -0.1) is 0 Å². The molecule has 2 heterocycles. The van der Waals surface area contributed by atoms with Gasteiger partial charge in [-0.05, 0) is 38.5 Å². The quantitative estimate of drug-likeness (QED) is 0.796. The Balaban J connectivity index is 1.65. The first-order chi connectivity index (χ1) is 11.9. The zero-order valence-electron chi connectivity index (χ0n) is 14.3. The van der Waals surface area contributed by atoms with E-state index in [9.17, 15) is 14.0 Å². The summed E-state index contributed by atoms with van der Waals surface area (Å²) in [7, 11) is 0. The Morgan fingerprint density at radius 1 is 1.40 bits per heavy atom. The number of hydrogen-bond donors (Lipinski definition) is 0. The fourth-order valence-electron chi connectivity index (χ4n) is 2.83. The van der Waals surface area contributed by atoms with Crippen molar-refractivity contribution in [3.05, 3.63) is 46.6 Å². The molecule has 1 saturated heterocycles. The topological polar surface area (TPSA) is 72.6 Å². The third-order valence-electron chi connectivity index (χ3n) is 4.47. The molecule has 1 aromatic heterocycles. The van der Waals surface area contributed by atoms with Crippen LogP contribution in [0.5, 0.6) is 0 Å². The third-order valence-corrected chi connectivity index (χ3v) is 4.47. The molecule has 132 valence electrons. The second-order valence-electron chi connectivity index (χ2n) is 6.25. The highest BCUT2D eigenvalue weighted by Crippen LogP contribution is 2.27. The molecule has 0 saturated carbocycles. The third kappa shape index (κ3) is 3.40. The molecule has 1 aromatic carbocycles. The molecule has 3 rings (SSSR count). The Morgan fingerprint density at radius 2 is 2.16 bits per heavy atom. The predicted octanol–water partition coefficient (Wildman–Crippen LogP) is 2.84. The van der Waals surface area contributed by atoms with Gasteiger partial charge in [0.05, 0.1) is 17.2 Å². The van der Waals surface area contributed by atoms with E-state index in [-0.39, 0.29) is 31.3 Å².